The lowest BCUT2D eigenvalue weighted by Crippen LogP contribution is -2.44. The number of anilines is 1. The smallest absolute Gasteiger partial charge is 0.193 e. The van der Waals surface area contributed by atoms with Gasteiger partial charge in [-0.25, -0.2) is 9.98 Å². The van der Waals surface area contributed by atoms with Crippen molar-refractivity contribution in [3.05, 3.63) is 46.3 Å². The fourth-order valence-electron chi connectivity index (χ4n) is 3.21. The van der Waals surface area contributed by atoms with E-state index in [4.69, 9.17) is 4.99 Å². The minimum absolute atomic E-state index is 0.641. The van der Waals surface area contributed by atoms with E-state index in [9.17, 15) is 0 Å². The van der Waals surface area contributed by atoms with Gasteiger partial charge in [0, 0.05) is 57.4 Å². The Kier molecular flexibility index (Phi) is 7.68. The van der Waals surface area contributed by atoms with Gasteiger partial charge < -0.3 is 20.0 Å². The largest absolute Gasteiger partial charge is 0.357 e. The number of thiophene rings is 1. The zero-order chi connectivity index (χ0) is 19.8. The van der Waals surface area contributed by atoms with Crippen LogP contribution in [0.2, 0.25) is 0 Å². The third kappa shape index (κ3) is 5.94. The molecular weight excluding hydrogens is 368 g/mol. The molecule has 152 valence electrons. The lowest BCUT2D eigenvalue weighted by molar-refractivity contribution is 0.312. The number of rotatable bonds is 7. The molecule has 0 spiro atoms. The van der Waals surface area contributed by atoms with Crippen molar-refractivity contribution in [3.63, 3.8) is 0 Å². The molecule has 6 nitrogen and oxygen atoms in total. The highest BCUT2D eigenvalue weighted by Crippen LogP contribution is 2.14. The summed E-state index contributed by atoms with van der Waals surface area (Å²) in [6.45, 7) is 8.84. The highest BCUT2D eigenvalue weighted by atomic mass is 32.1. The SMILES string of the molecule is CCNC(=NCc1ccc(N2CCN(C)CC2)nc1)N(C)CCc1cccs1. The van der Waals surface area contributed by atoms with Gasteiger partial charge >= 0.3 is 0 Å². The summed E-state index contributed by atoms with van der Waals surface area (Å²) in [6.07, 6.45) is 3.01. The van der Waals surface area contributed by atoms with E-state index in [-0.39, 0.29) is 0 Å². The normalized spacial score (nSPS) is 15.7. The van der Waals surface area contributed by atoms with Gasteiger partial charge in [0.2, 0.25) is 0 Å². The number of pyridine rings is 1. The van der Waals surface area contributed by atoms with E-state index in [1.165, 1.54) is 4.88 Å². The summed E-state index contributed by atoms with van der Waals surface area (Å²) in [6, 6.07) is 8.58. The second-order valence-electron chi connectivity index (χ2n) is 7.24. The Morgan fingerprint density at radius 2 is 2.07 bits per heavy atom. The monoisotopic (exact) mass is 400 g/mol. The maximum atomic E-state index is 4.81. The molecule has 0 saturated carbocycles. The molecule has 0 radical (unpaired) electrons. The number of nitrogens with one attached hydrogen (secondary N) is 1. The van der Waals surface area contributed by atoms with E-state index in [1.54, 1.807) is 0 Å². The average molecular weight is 401 g/mol. The van der Waals surface area contributed by atoms with Gasteiger partial charge in [-0.1, -0.05) is 12.1 Å². The van der Waals surface area contributed by atoms with Crippen LogP contribution in [0.4, 0.5) is 5.82 Å². The fraction of sp³-hybridized carbons (Fsp3) is 0.524. The van der Waals surface area contributed by atoms with Crippen LogP contribution >= 0.6 is 11.3 Å². The van der Waals surface area contributed by atoms with Gasteiger partial charge in [0.05, 0.1) is 6.54 Å². The van der Waals surface area contributed by atoms with Crippen molar-refractivity contribution in [2.75, 3.05) is 58.3 Å². The molecule has 0 unspecified atom stereocenters. The van der Waals surface area contributed by atoms with Gasteiger partial charge in [-0.2, -0.15) is 0 Å². The molecular formula is C21H32N6S. The quantitative estimate of drug-likeness (QED) is 0.572. The summed E-state index contributed by atoms with van der Waals surface area (Å²) in [5.41, 5.74) is 1.14. The lowest BCUT2D eigenvalue weighted by Gasteiger charge is -2.33. The maximum Gasteiger partial charge on any atom is 0.193 e. The molecule has 1 saturated heterocycles. The number of piperazine rings is 1. The number of nitrogens with zero attached hydrogens (tertiary/aromatic N) is 5. The highest BCUT2D eigenvalue weighted by Gasteiger charge is 2.15. The van der Waals surface area contributed by atoms with Gasteiger partial charge in [0.15, 0.2) is 5.96 Å². The Morgan fingerprint density at radius 1 is 1.25 bits per heavy atom. The summed E-state index contributed by atoms with van der Waals surface area (Å²) >= 11 is 1.81. The number of aromatic nitrogens is 1. The summed E-state index contributed by atoms with van der Waals surface area (Å²) in [4.78, 5) is 17.8. The van der Waals surface area contributed by atoms with Gasteiger partial charge in [-0.05, 0) is 43.5 Å². The molecule has 0 aliphatic carbocycles. The predicted octanol–water partition coefficient (Wildman–Crippen LogP) is 2.53. The molecule has 1 fully saturated rings. The number of hydrogen-bond acceptors (Lipinski definition) is 5. The van der Waals surface area contributed by atoms with Crippen LogP contribution in [0.3, 0.4) is 0 Å². The third-order valence-electron chi connectivity index (χ3n) is 5.02. The van der Waals surface area contributed by atoms with Crippen molar-refractivity contribution < 1.29 is 0 Å². The van der Waals surface area contributed by atoms with Crippen molar-refractivity contribution in [1.82, 2.24) is 20.1 Å². The molecule has 7 heteroatoms. The fourth-order valence-corrected chi connectivity index (χ4v) is 3.91. The molecule has 1 aliphatic rings. The predicted molar refractivity (Wildman–Crippen MR) is 119 cm³/mol. The Hall–Kier alpha value is -2.12. The topological polar surface area (TPSA) is 47.0 Å². The van der Waals surface area contributed by atoms with Crippen molar-refractivity contribution in [3.8, 4) is 0 Å². The van der Waals surface area contributed by atoms with Crippen LogP contribution in [0.1, 0.15) is 17.4 Å². The Morgan fingerprint density at radius 3 is 2.71 bits per heavy atom. The van der Waals surface area contributed by atoms with E-state index in [0.717, 1.165) is 63.0 Å². The number of likely N-dealkylation sites (N-methyl/N-ethyl adjacent to an activating group) is 2. The van der Waals surface area contributed by atoms with Crippen LogP contribution in [0.5, 0.6) is 0 Å². The van der Waals surface area contributed by atoms with Crippen LogP contribution in [-0.2, 0) is 13.0 Å². The molecule has 1 N–H and O–H groups in total. The standard InChI is InChI=1S/C21H32N6S/c1-4-22-21(26(3)10-9-19-6-5-15-28-19)24-17-18-7-8-20(23-16-18)27-13-11-25(2)12-14-27/h5-8,15-16H,4,9-14,17H2,1-3H3,(H,22,24). The van der Waals surface area contributed by atoms with E-state index < -0.39 is 0 Å². The summed E-state index contributed by atoms with van der Waals surface area (Å²) in [5, 5.41) is 5.53. The van der Waals surface area contributed by atoms with Crippen molar-refractivity contribution in [2.45, 2.75) is 19.9 Å². The van der Waals surface area contributed by atoms with E-state index in [2.05, 4.69) is 75.7 Å². The van der Waals surface area contributed by atoms with Crippen LogP contribution in [0.15, 0.2) is 40.8 Å². The molecule has 0 bridgehead atoms. The first-order chi connectivity index (χ1) is 13.7. The zero-order valence-corrected chi connectivity index (χ0v) is 18.1. The third-order valence-corrected chi connectivity index (χ3v) is 5.95. The van der Waals surface area contributed by atoms with E-state index >= 15 is 0 Å². The van der Waals surface area contributed by atoms with Crippen LogP contribution in [-0.4, -0.2) is 74.1 Å². The van der Waals surface area contributed by atoms with Gasteiger partial charge in [0.1, 0.15) is 5.82 Å². The summed E-state index contributed by atoms with van der Waals surface area (Å²) < 4.78 is 0. The summed E-state index contributed by atoms with van der Waals surface area (Å²) in [7, 11) is 4.27. The molecule has 0 atom stereocenters. The van der Waals surface area contributed by atoms with Gasteiger partial charge in [0.25, 0.3) is 0 Å². The van der Waals surface area contributed by atoms with Gasteiger partial charge in [-0.15, -0.1) is 11.3 Å². The van der Waals surface area contributed by atoms with E-state index in [1.807, 2.05) is 17.5 Å². The number of aliphatic imine (C=N–C) groups is 1. The molecule has 3 rings (SSSR count). The molecule has 28 heavy (non-hydrogen) atoms. The minimum Gasteiger partial charge on any atom is -0.357 e. The minimum atomic E-state index is 0.641. The molecule has 3 heterocycles. The highest BCUT2D eigenvalue weighted by molar-refractivity contribution is 7.09. The number of guanidine groups is 1. The van der Waals surface area contributed by atoms with E-state index in [0.29, 0.717) is 6.54 Å². The number of hydrogen-bond donors (Lipinski definition) is 1. The first kappa shape index (κ1) is 20.6. The lowest BCUT2D eigenvalue weighted by atomic mass is 10.2. The molecule has 0 amide bonds. The zero-order valence-electron chi connectivity index (χ0n) is 17.3. The second kappa shape index (κ2) is 10.4. The maximum absolute atomic E-state index is 4.81. The van der Waals surface area contributed by atoms with Gasteiger partial charge in [-0.3, -0.25) is 0 Å². The Bertz CT molecular complexity index is 720. The van der Waals surface area contributed by atoms with Crippen LogP contribution in [0, 0.1) is 0 Å². The molecule has 2 aromatic rings. The van der Waals surface area contributed by atoms with Crippen LogP contribution < -0.4 is 10.2 Å². The molecule has 2 aromatic heterocycles. The van der Waals surface area contributed by atoms with Crippen LogP contribution in [0.25, 0.3) is 0 Å². The molecule has 0 aromatic carbocycles. The van der Waals surface area contributed by atoms with Crippen molar-refractivity contribution in [2.24, 2.45) is 4.99 Å². The first-order valence-corrected chi connectivity index (χ1v) is 10.9. The first-order valence-electron chi connectivity index (χ1n) is 10.1. The second-order valence-corrected chi connectivity index (χ2v) is 8.27. The van der Waals surface area contributed by atoms with Crippen molar-refractivity contribution in [1.29, 1.82) is 0 Å². The molecule has 1 aliphatic heterocycles. The Balaban J connectivity index is 1.56. The van der Waals surface area contributed by atoms with Crippen molar-refractivity contribution >= 4 is 23.1 Å². The Labute approximate surface area is 172 Å². The average Bonchev–Trinajstić information content (AvgIpc) is 3.24. The summed E-state index contributed by atoms with van der Waals surface area (Å²) in [5.74, 6) is 2.02.